The number of halogens is 1. The van der Waals surface area contributed by atoms with E-state index in [1.807, 2.05) is 18.2 Å². The lowest BCUT2D eigenvalue weighted by Crippen LogP contribution is -2.15. The number of hydrogen-bond donors (Lipinski definition) is 0. The Morgan fingerprint density at radius 1 is 0.875 bits per heavy atom. The van der Waals surface area contributed by atoms with E-state index in [0.717, 1.165) is 5.56 Å². The van der Waals surface area contributed by atoms with Crippen LogP contribution >= 0.6 is 0 Å². The molecule has 0 N–H and O–H groups in total. The van der Waals surface area contributed by atoms with E-state index in [2.05, 4.69) is 0 Å². The van der Waals surface area contributed by atoms with Gasteiger partial charge in [-0.3, -0.25) is 4.79 Å². The number of Topliss-reactive ketones (excluding diaryl/α,β-unsaturated/α-hetero) is 1. The molecule has 0 fully saturated rings. The maximum atomic E-state index is 13.5. The number of hydrogen-bond acceptors (Lipinski definition) is 4. The largest absolute Gasteiger partial charge is 0.492 e. The molecule has 4 rings (SSSR count). The van der Waals surface area contributed by atoms with E-state index in [1.165, 1.54) is 18.2 Å². The fourth-order valence-corrected chi connectivity index (χ4v) is 2.85. The highest BCUT2D eigenvalue weighted by Crippen LogP contribution is 2.33. The van der Waals surface area contributed by atoms with Gasteiger partial charge in [0.2, 0.25) is 0 Å². The molecule has 0 bridgehead atoms. The second-order valence-electron chi connectivity index (χ2n) is 5.64. The van der Waals surface area contributed by atoms with Crippen LogP contribution in [0.5, 0.6) is 17.2 Å². The van der Waals surface area contributed by atoms with Crippen LogP contribution in [0.4, 0.5) is 4.39 Å². The van der Waals surface area contributed by atoms with Crippen molar-refractivity contribution in [3.8, 4) is 17.2 Å². The molecule has 4 nitrogen and oxygen atoms in total. The fraction of sp³-hybridized carbons (Fsp3) is 0.211. The maximum absolute atomic E-state index is 13.5. The van der Waals surface area contributed by atoms with Crippen molar-refractivity contribution >= 4 is 11.9 Å². The van der Waals surface area contributed by atoms with Crippen LogP contribution in [0.25, 0.3) is 6.08 Å². The van der Waals surface area contributed by atoms with E-state index in [-0.39, 0.29) is 11.3 Å². The van der Waals surface area contributed by atoms with Gasteiger partial charge in [0, 0.05) is 12.0 Å². The van der Waals surface area contributed by atoms with Gasteiger partial charge in [0.05, 0.1) is 12.2 Å². The van der Waals surface area contributed by atoms with Crippen LogP contribution < -0.4 is 14.2 Å². The fourth-order valence-electron chi connectivity index (χ4n) is 2.85. The molecule has 2 aliphatic rings. The summed E-state index contributed by atoms with van der Waals surface area (Å²) >= 11 is 0. The smallest absolute Gasteiger partial charge is 0.192 e. The minimum atomic E-state index is -0.453. The Bertz CT molecular complexity index is 841. The third-order valence-electron chi connectivity index (χ3n) is 4.01. The van der Waals surface area contributed by atoms with Crippen LogP contribution in [0.3, 0.4) is 0 Å². The quantitative estimate of drug-likeness (QED) is 0.751. The van der Waals surface area contributed by atoms with Crippen molar-refractivity contribution in [3.05, 3.63) is 58.9 Å². The summed E-state index contributed by atoms with van der Waals surface area (Å²) in [5.74, 6) is 1.13. The molecule has 0 aromatic heterocycles. The first-order valence-electron chi connectivity index (χ1n) is 7.78. The van der Waals surface area contributed by atoms with E-state index < -0.39 is 5.82 Å². The molecule has 2 aromatic carbocycles. The minimum absolute atomic E-state index is 0.211. The van der Waals surface area contributed by atoms with Crippen molar-refractivity contribution in [2.24, 2.45) is 0 Å². The van der Waals surface area contributed by atoms with Crippen molar-refractivity contribution in [2.45, 2.75) is 6.42 Å². The SMILES string of the molecule is O=C1C(=Cc2ccc3c(c2)OCCO3)CCOc2ccc(F)cc21. The van der Waals surface area contributed by atoms with Gasteiger partial charge in [-0.2, -0.15) is 0 Å². The number of ketones is 1. The summed E-state index contributed by atoms with van der Waals surface area (Å²) in [4.78, 5) is 12.7. The summed E-state index contributed by atoms with van der Waals surface area (Å²) in [6.07, 6.45) is 2.26. The molecular formula is C19H15FO4. The molecule has 0 amide bonds. The summed E-state index contributed by atoms with van der Waals surface area (Å²) in [6.45, 7) is 1.42. The molecule has 2 aromatic rings. The van der Waals surface area contributed by atoms with E-state index in [0.29, 0.717) is 49.1 Å². The average Bonchev–Trinajstić information content (AvgIpc) is 2.75. The summed E-state index contributed by atoms with van der Waals surface area (Å²) in [5.41, 5.74) is 1.68. The van der Waals surface area contributed by atoms with Crippen molar-refractivity contribution in [1.82, 2.24) is 0 Å². The maximum Gasteiger partial charge on any atom is 0.192 e. The Labute approximate surface area is 138 Å². The van der Waals surface area contributed by atoms with Crippen LogP contribution in [0.15, 0.2) is 42.0 Å². The Kier molecular flexibility index (Phi) is 3.69. The van der Waals surface area contributed by atoms with E-state index in [4.69, 9.17) is 14.2 Å². The van der Waals surface area contributed by atoms with E-state index in [1.54, 1.807) is 6.08 Å². The van der Waals surface area contributed by atoms with Gasteiger partial charge >= 0.3 is 0 Å². The third-order valence-corrected chi connectivity index (χ3v) is 4.01. The van der Waals surface area contributed by atoms with Gasteiger partial charge in [0.1, 0.15) is 24.8 Å². The molecule has 122 valence electrons. The van der Waals surface area contributed by atoms with Crippen LogP contribution in [-0.4, -0.2) is 25.6 Å². The molecule has 0 spiro atoms. The Morgan fingerprint density at radius 3 is 2.50 bits per heavy atom. The lowest BCUT2D eigenvalue weighted by Gasteiger charge is -2.18. The molecule has 2 aliphatic heterocycles. The van der Waals surface area contributed by atoms with Crippen molar-refractivity contribution in [2.75, 3.05) is 19.8 Å². The molecule has 5 heteroatoms. The molecule has 0 unspecified atom stereocenters. The van der Waals surface area contributed by atoms with Crippen LogP contribution in [0, 0.1) is 5.82 Å². The lowest BCUT2D eigenvalue weighted by atomic mass is 9.99. The number of benzene rings is 2. The topological polar surface area (TPSA) is 44.8 Å². The van der Waals surface area contributed by atoms with Gasteiger partial charge in [-0.1, -0.05) is 6.07 Å². The summed E-state index contributed by atoms with van der Waals surface area (Å²) < 4.78 is 30.1. The van der Waals surface area contributed by atoms with Gasteiger partial charge in [-0.15, -0.1) is 0 Å². The molecule has 0 radical (unpaired) electrons. The summed E-state index contributed by atoms with van der Waals surface area (Å²) in [6, 6.07) is 9.54. The van der Waals surface area contributed by atoms with Crippen LogP contribution in [0.1, 0.15) is 22.3 Å². The average molecular weight is 326 g/mol. The van der Waals surface area contributed by atoms with Gasteiger partial charge in [-0.25, -0.2) is 4.39 Å². The number of fused-ring (bicyclic) bond motifs is 2. The predicted molar refractivity (Wildman–Crippen MR) is 86.3 cm³/mol. The van der Waals surface area contributed by atoms with Crippen LogP contribution in [-0.2, 0) is 0 Å². The normalized spacial score (nSPS) is 17.9. The zero-order valence-corrected chi connectivity index (χ0v) is 12.9. The highest BCUT2D eigenvalue weighted by molar-refractivity contribution is 6.13. The zero-order valence-electron chi connectivity index (χ0n) is 12.9. The van der Waals surface area contributed by atoms with Crippen molar-refractivity contribution < 1.29 is 23.4 Å². The molecule has 0 saturated carbocycles. The van der Waals surface area contributed by atoms with Crippen LogP contribution in [0.2, 0.25) is 0 Å². The molecular weight excluding hydrogens is 311 g/mol. The highest BCUT2D eigenvalue weighted by atomic mass is 19.1. The molecule has 2 heterocycles. The van der Waals surface area contributed by atoms with E-state index in [9.17, 15) is 9.18 Å². The molecule has 0 aliphatic carbocycles. The standard InChI is InChI=1S/C19H15FO4/c20-14-2-4-16-15(11-14)19(21)13(5-6-22-16)9-12-1-3-17-18(10-12)24-8-7-23-17/h1-4,9-11H,5-8H2. The van der Waals surface area contributed by atoms with E-state index >= 15 is 0 Å². The first kappa shape index (κ1) is 14.8. The Hall–Kier alpha value is -2.82. The predicted octanol–water partition coefficient (Wildman–Crippen LogP) is 3.65. The van der Waals surface area contributed by atoms with Crippen molar-refractivity contribution in [3.63, 3.8) is 0 Å². The lowest BCUT2D eigenvalue weighted by molar-refractivity contribution is 0.103. The monoisotopic (exact) mass is 326 g/mol. The molecule has 0 atom stereocenters. The molecule has 0 saturated heterocycles. The van der Waals surface area contributed by atoms with Gasteiger partial charge in [0.15, 0.2) is 17.3 Å². The third kappa shape index (κ3) is 2.73. The van der Waals surface area contributed by atoms with Crippen molar-refractivity contribution in [1.29, 1.82) is 0 Å². The minimum Gasteiger partial charge on any atom is -0.492 e. The number of rotatable bonds is 1. The molecule has 24 heavy (non-hydrogen) atoms. The second kappa shape index (κ2) is 6.00. The number of carbonyl (C=O) groups is 1. The first-order chi connectivity index (χ1) is 11.7. The Morgan fingerprint density at radius 2 is 1.62 bits per heavy atom. The van der Waals surface area contributed by atoms with Gasteiger partial charge in [0.25, 0.3) is 0 Å². The van der Waals surface area contributed by atoms with Gasteiger partial charge < -0.3 is 14.2 Å². The number of carbonyl (C=O) groups excluding carboxylic acids is 1. The number of ether oxygens (including phenoxy) is 3. The Balaban J connectivity index is 1.70. The highest BCUT2D eigenvalue weighted by Gasteiger charge is 2.22. The second-order valence-corrected chi connectivity index (χ2v) is 5.64. The summed E-state index contributed by atoms with van der Waals surface area (Å²) in [5, 5.41) is 0. The van der Waals surface area contributed by atoms with Gasteiger partial charge in [-0.05, 0) is 42.0 Å². The zero-order chi connectivity index (χ0) is 16.5. The summed E-state index contributed by atoms with van der Waals surface area (Å²) in [7, 11) is 0. The first-order valence-corrected chi connectivity index (χ1v) is 7.78.